The van der Waals surface area contributed by atoms with E-state index < -0.39 is 17.9 Å². The van der Waals surface area contributed by atoms with Crippen LogP contribution in [-0.4, -0.2) is 124 Å². The van der Waals surface area contributed by atoms with Crippen molar-refractivity contribution in [1.82, 2.24) is 30.6 Å². The number of hydrogen-bond donors (Lipinski definition) is 5. The molecule has 0 aliphatic carbocycles. The average molecular weight is 687 g/mol. The minimum atomic E-state index is -1.01. The molecule has 0 radical (unpaired) electrons. The number of nitrogens with zero attached hydrogens (tertiary/aromatic N) is 5. The standard InChI is InChI=1S/C31H46N10O8/c1-41(20-22-19-36-28-26(37-22)27(33)39-31(34)40-28)23-5-3-21(4-6-23)29(43)38-24(30(44)45-2)7-8-25(42)35-10-12-47-14-16-49-18-17-48-15-13-46-11-9-32/h3-6,19,24H,7-18,20,32H2,1-2H3,(H,35,42)(H,38,43)(H4,33,34,36,39,40)/t24-/m0/s1. The van der Waals surface area contributed by atoms with E-state index in [2.05, 4.69) is 30.6 Å². The van der Waals surface area contributed by atoms with Gasteiger partial charge in [0.2, 0.25) is 11.9 Å². The minimum Gasteiger partial charge on any atom is -0.467 e. The maximum absolute atomic E-state index is 13.0. The van der Waals surface area contributed by atoms with E-state index in [0.29, 0.717) is 88.4 Å². The van der Waals surface area contributed by atoms with Gasteiger partial charge in [-0.1, -0.05) is 0 Å². The molecule has 0 bridgehead atoms. The van der Waals surface area contributed by atoms with Crippen molar-refractivity contribution in [2.24, 2.45) is 5.73 Å². The summed E-state index contributed by atoms with van der Waals surface area (Å²) in [5.74, 6) is -1.27. The average Bonchev–Trinajstić information content (AvgIpc) is 3.10. The van der Waals surface area contributed by atoms with Crippen LogP contribution in [0.25, 0.3) is 11.2 Å². The Hall–Kier alpha value is -4.75. The molecular weight excluding hydrogens is 640 g/mol. The molecule has 0 saturated heterocycles. The van der Waals surface area contributed by atoms with Crippen molar-refractivity contribution < 1.29 is 38.1 Å². The van der Waals surface area contributed by atoms with Crippen LogP contribution in [0.5, 0.6) is 0 Å². The number of ether oxygens (including phenoxy) is 5. The molecule has 18 heteroatoms. The van der Waals surface area contributed by atoms with Crippen molar-refractivity contribution >= 4 is 46.4 Å². The van der Waals surface area contributed by atoms with Gasteiger partial charge < -0.3 is 56.4 Å². The molecule has 268 valence electrons. The highest BCUT2D eigenvalue weighted by molar-refractivity contribution is 5.97. The summed E-state index contributed by atoms with van der Waals surface area (Å²) < 4.78 is 26.3. The Morgan fingerprint density at radius 3 is 2.14 bits per heavy atom. The summed E-state index contributed by atoms with van der Waals surface area (Å²) in [4.78, 5) is 56.3. The van der Waals surface area contributed by atoms with Gasteiger partial charge in [0.25, 0.3) is 5.91 Å². The van der Waals surface area contributed by atoms with E-state index in [0.717, 1.165) is 5.69 Å². The summed E-state index contributed by atoms with van der Waals surface area (Å²) >= 11 is 0. The third kappa shape index (κ3) is 13.7. The van der Waals surface area contributed by atoms with Crippen molar-refractivity contribution in [3.8, 4) is 0 Å². The second-order valence-corrected chi connectivity index (χ2v) is 10.6. The highest BCUT2D eigenvalue weighted by Crippen LogP contribution is 2.19. The van der Waals surface area contributed by atoms with Crippen molar-refractivity contribution in [3.05, 3.63) is 41.7 Å². The Morgan fingerprint density at radius 2 is 1.51 bits per heavy atom. The highest BCUT2D eigenvalue weighted by Gasteiger charge is 2.23. The topological polar surface area (TPSA) is 254 Å². The molecule has 49 heavy (non-hydrogen) atoms. The molecule has 2 amide bonds. The van der Waals surface area contributed by atoms with Crippen molar-refractivity contribution in [2.75, 3.05) is 96.5 Å². The fourth-order valence-electron chi connectivity index (χ4n) is 4.36. The van der Waals surface area contributed by atoms with E-state index >= 15 is 0 Å². The number of nitrogen functional groups attached to an aromatic ring is 2. The summed E-state index contributed by atoms with van der Waals surface area (Å²) in [6.07, 6.45) is 1.62. The predicted octanol–water partition coefficient (Wildman–Crippen LogP) is -0.586. The van der Waals surface area contributed by atoms with Crippen LogP contribution in [0.2, 0.25) is 0 Å². The van der Waals surface area contributed by atoms with Crippen molar-refractivity contribution in [1.29, 1.82) is 0 Å². The van der Waals surface area contributed by atoms with Crippen molar-refractivity contribution in [3.63, 3.8) is 0 Å². The molecule has 0 aliphatic heterocycles. The smallest absolute Gasteiger partial charge is 0.328 e. The number of hydrogen-bond acceptors (Lipinski definition) is 16. The van der Waals surface area contributed by atoms with Gasteiger partial charge in [-0.25, -0.2) is 14.8 Å². The summed E-state index contributed by atoms with van der Waals surface area (Å²) in [5.41, 5.74) is 19.3. The summed E-state index contributed by atoms with van der Waals surface area (Å²) in [5, 5.41) is 5.39. The van der Waals surface area contributed by atoms with Crippen LogP contribution in [0.1, 0.15) is 28.9 Å². The van der Waals surface area contributed by atoms with Crippen LogP contribution in [0.3, 0.4) is 0 Å². The molecule has 0 spiro atoms. The lowest BCUT2D eigenvalue weighted by Gasteiger charge is -2.20. The van der Waals surface area contributed by atoms with E-state index in [-0.39, 0.29) is 37.1 Å². The molecule has 1 atom stereocenters. The third-order valence-electron chi connectivity index (χ3n) is 6.87. The zero-order chi connectivity index (χ0) is 35.4. The van der Waals surface area contributed by atoms with E-state index in [1.807, 2.05) is 11.9 Å². The number of nitrogens with two attached hydrogens (primary N) is 3. The van der Waals surface area contributed by atoms with Gasteiger partial charge in [0, 0.05) is 37.8 Å². The summed E-state index contributed by atoms with van der Waals surface area (Å²) in [6, 6.07) is 5.76. The first-order valence-electron chi connectivity index (χ1n) is 15.7. The zero-order valence-electron chi connectivity index (χ0n) is 27.9. The fourth-order valence-corrected chi connectivity index (χ4v) is 4.36. The molecule has 0 saturated carbocycles. The Labute approximate surface area is 284 Å². The number of carbonyl (C=O) groups excluding carboxylic acids is 3. The zero-order valence-corrected chi connectivity index (χ0v) is 27.9. The van der Waals surface area contributed by atoms with Gasteiger partial charge in [-0.15, -0.1) is 0 Å². The number of amides is 2. The number of rotatable bonds is 23. The Kier molecular flexibility index (Phi) is 16.8. The number of nitrogens with one attached hydrogen (secondary N) is 2. The SMILES string of the molecule is COC(=O)[C@H](CCC(=O)NCCOCCOCCOCCOCCN)NC(=O)c1ccc(N(C)Cc2cnc3nc(N)nc(N)c3n2)cc1. The molecule has 3 aromatic rings. The van der Waals surface area contributed by atoms with Crippen LogP contribution in [0.4, 0.5) is 17.5 Å². The van der Waals surface area contributed by atoms with Crippen LogP contribution in [0, 0.1) is 0 Å². The lowest BCUT2D eigenvalue weighted by molar-refractivity contribution is -0.143. The second-order valence-electron chi connectivity index (χ2n) is 10.6. The number of esters is 1. The first-order chi connectivity index (χ1) is 23.7. The minimum absolute atomic E-state index is 0.00697. The quantitative estimate of drug-likeness (QED) is 0.0617. The molecule has 1 aromatic carbocycles. The Bertz CT molecular complexity index is 1480. The van der Waals surface area contributed by atoms with Crippen LogP contribution < -0.4 is 32.7 Å². The van der Waals surface area contributed by atoms with Crippen LogP contribution in [-0.2, 0) is 39.8 Å². The van der Waals surface area contributed by atoms with E-state index in [9.17, 15) is 14.4 Å². The monoisotopic (exact) mass is 686 g/mol. The molecular formula is C31H46N10O8. The summed E-state index contributed by atoms with van der Waals surface area (Å²) in [7, 11) is 3.07. The van der Waals surface area contributed by atoms with Gasteiger partial charge in [0.15, 0.2) is 17.0 Å². The molecule has 2 heterocycles. The summed E-state index contributed by atoms with van der Waals surface area (Å²) in [6.45, 7) is 4.58. The number of aromatic nitrogens is 4. The lowest BCUT2D eigenvalue weighted by Crippen LogP contribution is -2.42. The second kappa shape index (κ2) is 21.3. The van der Waals surface area contributed by atoms with Crippen LogP contribution >= 0.6 is 0 Å². The van der Waals surface area contributed by atoms with Gasteiger partial charge in [-0.3, -0.25) is 9.59 Å². The first-order valence-corrected chi connectivity index (χ1v) is 15.7. The first kappa shape index (κ1) is 38.7. The molecule has 0 unspecified atom stereocenters. The Balaban J connectivity index is 1.35. The molecule has 8 N–H and O–H groups in total. The van der Waals surface area contributed by atoms with E-state index in [4.69, 9.17) is 40.9 Å². The number of fused-ring (bicyclic) bond motifs is 1. The number of anilines is 3. The van der Waals surface area contributed by atoms with E-state index in [1.165, 1.54) is 7.11 Å². The number of methoxy groups -OCH3 is 1. The van der Waals surface area contributed by atoms with Gasteiger partial charge in [-0.05, 0) is 30.7 Å². The lowest BCUT2D eigenvalue weighted by atomic mass is 10.1. The highest BCUT2D eigenvalue weighted by atomic mass is 16.6. The molecule has 0 aliphatic rings. The van der Waals surface area contributed by atoms with Gasteiger partial charge in [0.05, 0.1) is 78.4 Å². The number of benzene rings is 1. The van der Waals surface area contributed by atoms with Gasteiger partial charge >= 0.3 is 5.97 Å². The number of carbonyl (C=O) groups is 3. The molecule has 2 aromatic heterocycles. The molecule has 18 nitrogen and oxygen atoms in total. The maximum Gasteiger partial charge on any atom is 0.328 e. The van der Waals surface area contributed by atoms with Crippen molar-refractivity contribution in [2.45, 2.75) is 25.4 Å². The van der Waals surface area contributed by atoms with E-state index in [1.54, 1.807) is 30.5 Å². The normalized spacial score (nSPS) is 11.7. The third-order valence-corrected chi connectivity index (χ3v) is 6.87. The fraction of sp³-hybridized carbons (Fsp3) is 0.516. The van der Waals surface area contributed by atoms with Crippen LogP contribution in [0.15, 0.2) is 30.5 Å². The van der Waals surface area contributed by atoms with Gasteiger partial charge in [0.1, 0.15) is 6.04 Å². The predicted molar refractivity (Wildman–Crippen MR) is 180 cm³/mol. The largest absolute Gasteiger partial charge is 0.467 e. The maximum atomic E-state index is 13.0. The molecule has 3 rings (SSSR count). The molecule has 0 fully saturated rings. The Morgan fingerprint density at radius 1 is 0.878 bits per heavy atom. The van der Waals surface area contributed by atoms with Gasteiger partial charge in [-0.2, -0.15) is 9.97 Å².